The van der Waals surface area contributed by atoms with E-state index in [0.717, 1.165) is 4.90 Å². The van der Waals surface area contributed by atoms with E-state index >= 15 is 0 Å². The summed E-state index contributed by atoms with van der Waals surface area (Å²) in [5.74, 6) is -2.64. The van der Waals surface area contributed by atoms with Crippen LogP contribution in [0, 0.1) is 12.8 Å². The smallest absolute Gasteiger partial charge is 0.355 e. The maximum absolute atomic E-state index is 12.7. The molecule has 2 aliphatic heterocycles. The van der Waals surface area contributed by atoms with Gasteiger partial charge in [0, 0.05) is 5.02 Å². The van der Waals surface area contributed by atoms with E-state index in [9.17, 15) is 14.4 Å². The lowest BCUT2D eigenvalue weighted by Crippen LogP contribution is -2.36. The number of carbonyl (C=O) groups is 3. The second-order valence-electron chi connectivity index (χ2n) is 5.20. The molecule has 0 aliphatic carbocycles. The van der Waals surface area contributed by atoms with Crippen molar-refractivity contribution in [2.24, 2.45) is 11.0 Å². The standard InChI is InChI=1S/C15H14ClN3O4/c1-3-23-15(22)12-10-11(17-18-12)14(21)19(13(10)20)9-6-4-5-8(16)7(9)2/h4-6,10-11,17H,3H2,1-2H3/t10-,11+/m1/s1. The Balaban J connectivity index is 1.97. The molecule has 0 unspecified atom stereocenters. The summed E-state index contributed by atoms with van der Waals surface area (Å²) >= 11 is 6.07. The van der Waals surface area contributed by atoms with E-state index < -0.39 is 29.7 Å². The quantitative estimate of drug-likeness (QED) is 0.658. The molecular formula is C15H14ClN3O4. The molecule has 2 atom stereocenters. The molecule has 1 aromatic carbocycles. The first-order chi connectivity index (χ1) is 11.0. The average Bonchev–Trinajstić information content (AvgIpc) is 3.05. The normalized spacial score (nSPS) is 22.7. The second kappa shape index (κ2) is 5.66. The number of esters is 1. The predicted molar refractivity (Wildman–Crippen MR) is 83.2 cm³/mol. The Hall–Kier alpha value is -2.41. The van der Waals surface area contributed by atoms with Crippen molar-refractivity contribution >= 4 is 40.8 Å². The third-order valence-electron chi connectivity index (χ3n) is 3.89. The Kier molecular flexibility index (Phi) is 3.81. The highest BCUT2D eigenvalue weighted by atomic mass is 35.5. The van der Waals surface area contributed by atoms with Crippen LogP contribution in [0.1, 0.15) is 12.5 Å². The number of benzene rings is 1. The molecule has 2 amide bonds. The van der Waals surface area contributed by atoms with Crippen LogP contribution in [0.5, 0.6) is 0 Å². The minimum Gasteiger partial charge on any atom is -0.461 e. The summed E-state index contributed by atoms with van der Waals surface area (Å²) in [5.41, 5.74) is 3.52. The van der Waals surface area contributed by atoms with Gasteiger partial charge in [0.05, 0.1) is 12.3 Å². The lowest BCUT2D eigenvalue weighted by atomic mass is 9.99. The van der Waals surface area contributed by atoms with Gasteiger partial charge in [0.1, 0.15) is 12.0 Å². The third kappa shape index (κ3) is 2.28. The van der Waals surface area contributed by atoms with Crippen molar-refractivity contribution in [3.8, 4) is 0 Å². The summed E-state index contributed by atoms with van der Waals surface area (Å²) in [4.78, 5) is 38.2. The monoisotopic (exact) mass is 335 g/mol. The fraction of sp³-hybridized carbons (Fsp3) is 0.333. The molecule has 1 saturated heterocycles. The Morgan fingerprint density at radius 2 is 2.13 bits per heavy atom. The Morgan fingerprint density at radius 3 is 2.83 bits per heavy atom. The molecule has 120 valence electrons. The van der Waals surface area contributed by atoms with Crippen molar-refractivity contribution in [3.63, 3.8) is 0 Å². The van der Waals surface area contributed by atoms with E-state index in [1.807, 2.05) is 0 Å². The van der Waals surface area contributed by atoms with Crippen LogP contribution in [0.4, 0.5) is 5.69 Å². The van der Waals surface area contributed by atoms with Crippen molar-refractivity contribution in [2.45, 2.75) is 19.9 Å². The van der Waals surface area contributed by atoms with Crippen molar-refractivity contribution in [1.82, 2.24) is 5.43 Å². The topological polar surface area (TPSA) is 88.1 Å². The lowest BCUT2D eigenvalue weighted by molar-refractivity contribution is -0.136. The molecule has 2 heterocycles. The van der Waals surface area contributed by atoms with E-state index in [4.69, 9.17) is 16.3 Å². The average molecular weight is 336 g/mol. The molecule has 1 N–H and O–H groups in total. The lowest BCUT2D eigenvalue weighted by Gasteiger charge is -2.18. The molecule has 0 aromatic heterocycles. The SMILES string of the molecule is CCOC(=O)C1=NN[C@@H]2C(=O)N(c3cccc(Cl)c3C)C(=O)[C@@H]12. The van der Waals surface area contributed by atoms with Crippen LogP contribution in [-0.2, 0) is 19.1 Å². The van der Waals surface area contributed by atoms with Gasteiger partial charge in [-0.1, -0.05) is 17.7 Å². The van der Waals surface area contributed by atoms with Crippen LogP contribution < -0.4 is 10.3 Å². The molecule has 1 fully saturated rings. The molecular weight excluding hydrogens is 322 g/mol. The van der Waals surface area contributed by atoms with Crippen molar-refractivity contribution < 1.29 is 19.1 Å². The summed E-state index contributed by atoms with van der Waals surface area (Å²) < 4.78 is 4.89. The van der Waals surface area contributed by atoms with E-state index in [1.54, 1.807) is 32.0 Å². The van der Waals surface area contributed by atoms with Crippen LogP contribution in [-0.4, -0.2) is 36.1 Å². The molecule has 1 aromatic rings. The molecule has 23 heavy (non-hydrogen) atoms. The number of nitrogens with one attached hydrogen (secondary N) is 1. The molecule has 0 saturated carbocycles. The van der Waals surface area contributed by atoms with Gasteiger partial charge in [-0.2, -0.15) is 5.10 Å². The second-order valence-corrected chi connectivity index (χ2v) is 5.61. The molecule has 3 rings (SSSR count). The number of hydrogen-bond donors (Lipinski definition) is 1. The first kappa shape index (κ1) is 15.5. The number of fused-ring (bicyclic) bond motifs is 1. The molecule has 8 heteroatoms. The van der Waals surface area contributed by atoms with E-state index in [0.29, 0.717) is 16.3 Å². The minimum absolute atomic E-state index is 0.0719. The number of anilines is 1. The van der Waals surface area contributed by atoms with Gasteiger partial charge in [0.25, 0.3) is 5.91 Å². The number of nitrogens with zero attached hydrogens (tertiary/aromatic N) is 2. The van der Waals surface area contributed by atoms with Crippen molar-refractivity contribution in [1.29, 1.82) is 0 Å². The van der Waals surface area contributed by atoms with Gasteiger partial charge >= 0.3 is 5.97 Å². The van der Waals surface area contributed by atoms with Crippen LogP contribution in [0.3, 0.4) is 0 Å². The summed E-state index contributed by atoms with van der Waals surface area (Å²) in [5, 5.41) is 4.26. The third-order valence-corrected chi connectivity index (χ3v) is 4.30. The maximum Gasteiger partial charge on any atom is 0.355 e. The zero-order valence-electron chi connectivity index (χ0n) is 12.5. The van der Waals surface area contributed by atoms with Crippen molar-refractivity contribution in [3.05, 3.63) is 28.8 Å². The summed E-state index contributed by atoms with van der Waals surface area (Å²) in [6.07, 6.45) is 0. The van der Waals surface area contributed by atoms with Gasteiger partial charge in [-0.3, -0.25) is 15.0 Å². The van der Waals surface area contributed by atoms with Gasteiger partial charge in [-0.05, 0) is 31.5 Å². The zero-order chi connectivity index (χ0) is 16.7. The Morgan fingerprint density at radius 1 is 1.39 bits per heavy atom. The number of hydrazone groups is 1. The summed E-state index contributed by atoms with van der Waals surface area (Å²) in [6.45, 7) is 3.54. The van der Waals surface area contributed by atoms with Gasteiger partial charge in [0.15, 0.2) is 5.71 Å². The number of ether oxygens (including phenoxy) is 1. The van der Waals surface area contributed by atoms with Crippen LogP contribution in [0.25, 0.3) is 0 Å². The molecule has 0 bridgehead atoms. The van der Waals surface area contributed by atoms with Gasteiger partial charge in [-0.25, -0.2) is 9.69 Å². The molecule has 0 spiro atoms. The van der Waals surface area contributed by atoms with E-state index in [2.05, 4.69) is 10.5 Å². The number of rotatable bonds is 3. The predicted octanol–water partition coefficient (Wildman–Crippen LogP) is 1.03. The van der Waals surface area contributed by atoms with Crippen LogP contribution >= 0.6 is 11.6 Å². The zero-order valence-corrected chi connectivity index (χ0v) is 13.3. The first-order valence-corrected chi connectivity index (χ1v) is 7.48. The van der Waals surface area contributed by atoms with Gasteiger partial charge in [-0.15, -0.1) is 0 Å². The number of amides is 2. The highest BCUT2D eigenvalue weighted by Crippen LogP contribution is 2.34. The summed E-state index contributed by atoms with van der Waals surface area (Å²) in [6, 6.07) is 4.09. The molecule has 7 nitrogen and oxygen atoms in total. The number of carbonyl (C=O) groups excluding carboxylic acids is 3. The molecule has 0 radical (unpaired) electrons. The highest BCUT2D eigenvalue weighted by Gasteiger charge is 2.56. The van der Waals surface area contributed by atoms with E-state index in [-0.39, 0.29) is 12.3 Å². The van der Waals surface area contributed by atoms with Gasteiger partial charge in [0.2, 0.25) is 5.91 Å². The largest absolute Gasteiger partial charge is 0.461 e. The Labute approximate surface area is 137 Å². The highest BCUT2D eigenvalue weighted by molar-refractivity contribution is 6.46. The minimum atomic E-state index is -0.972. The van der Waals surface area contributed by atoms with Crippen LogP contribution in [0.2, 0.25) is 5.02 Å². The van der Waals surface area contributed by atoms with E-state index in [1.165, 1.54) is 0 Å². The van der Waals surface area contributed by atoms with Gasteiger partial charge < -0.3 is 4.74 Å². The Bertz CT molecular complexity index is 746. The first-order valence-electron chi connectivity index (χ1n) is 7.10. The molecule has 2 aliphatic rings. The number of hydrogen-bond acceptors (Lipinski definition) is 6. The fourth-order valence-corrected chi connectivity index (χ4v) is 2.91. The van der Waals surface area contributed by atoms with Crippen molar-refractivity contribution in [2.75, 3.05) is 11.5 Å². The maximum atomic E-state index is 12.7. The number of halogens is 1. The van der Waals surface area contributed by atoms with Crippen LogP contribution in [0.15, 0.2) is 23.3 Å². The summed E-state index contributed by atoms with van der Waals surface area (Å²) in [7, 11) is 0. The fourth-order valence-electron chi connectivity index (χ4n) is 2.74. The number of imide groups is 1.